The van der Waals surface area contributed by atoms with Crippen molar-refractivity contribution in [2.75, 3.05) is 0 Å². The fraction of sp³-hybridized carbons (Fsp3) is 0.643. The van der Waals surface area contributed by atoms with Crippen LogP contribution in [0.1, 0.15) is 57.3 Å². The third-order valence-corrected chi connectivity index (χ3v) is 2.72. The molecule has 0 aliphatic carbocycles. The fourth-order valence-corrected chi connectivity index (χ4v) is 1.84. The Kier molecular flexibility index (Phi) is 5.47. The van der Waals surface area contributed by atoms with Gasteiger partial charge in [0.15, 0.2) is 0 Å². The second-order valence-electron chi connectivity index (χ2n) is 4.75. The summed E-state index contributed by atoms with van der Waals surface area (Å²) in [6.07, 6.45) is 5.71. The molecule has 1 unspecified atom stereocenters. The first kappa shape index (κ1) is 13.2. The Labute approximate surface area is 99.5 Å². The average Bonchev–Trinajstić information content (AvgIpc) is 2.25. The van der Waals surface area contributed by atoms with E-state index in [2.05, 4.69) is 43.2 Å². The van der Waals surface area contributed by atoms with Crippen molar-refractivity contribution < 1.29 is 0 Å². The van der Waals surface area contributed by atoms with Crippen LogP contribution in [-0.2, 0) is 0 Å². The third kappa shape index (κ3) is 4.31. The normalized spacial score (nSPS) is 13.1. The molecule has 0 aromatic carbocycles. The van der Waals surface area contributed by atoms with E-state index in [9.17, 15) is 0 Å². The van der Waals surface area contributed by atoms with Crippen molar-refractivity contribution in [2.45, 2.75) is 59.0 Å². The molecule has 0 bridgehead atoms. The first-order chi connectivity index (χ1) is 7.63. The van der Waals surface area contributed by atoms with Gasteiger partial charge >= 0.3 is 0 Å². The summed E-state index contributed by atoms with van der Waals surface area (Å²) in [6.45, 7) is 8.65. The van der Waals surface area contributed by atoms with Crippen molar-refractivity contribution in [1.29, 1.82) is 0 Å². The van der Waals surface area contributed by atoms with E-state index in [1.807, 2.05) is 13.1 Å². The molecule has 0 fully saturated rings. The molecule has 0 saturated heterocycles. The van der Waals surface area contributed by atoms with Crippen LogP contribution in [0.15, 0.2) is 18.3 Å². The predicted molar refractivity (Wildman–Crippen MR) is 69.5 cm³/mol. The van der Waals surface area contributed by atoms with Crippen molar-refractivity contribution in [3.63, 3.8) is 0 Å². The number of aryl methyl sites for hydroxylation is 1. The molecular formula is C14H24N2. The molecule has 2 nitrogen and oxygen atoms in total. The molecule has 0 saturated carbocycles. The average molecular weight is 220 g/mol. The maximum absolute atomic E-state index is 4.38. The van der Waals surface area contributed by atoms with Gasteiger partial charge in [0.1, 0.15) is 0 Å². The van der Waals surface area contributed by atoms with E-state index in [1.165, 1.54) is 24.8 Å². The summed E-state index contributed by atoms with van der Waals surface area (Å²) in [5.41, 5.74) is 2.40. The van der Waals surface area contributed by atoms with Gasteiger partial charge in [-0.1, -0.05) is 39.7 Å². The van der Waals surface area contributed by atoms with E-state index in [1.54, 1.807) is 0 Å². The van der Waals surface area contributed by atoms with E-state index >= 15 is 0 Å². The van der Waals surface area contributed by atoms with Gasteiger partial charge in [-0.15, -0.1) is 0 Å². The molecule has 1 aromatic rings. The number of hydrogen-bond acceptors (Lipinski definition) is 2. The van der Waals surface area contributed by atoms with Crippen LogP contribution in [0.25, 0.3) is 0 Å². The lowest BCUT2D eigenvalue weighted by molar-refractivity contribution is 0.439. The van der Waals surface area contributed by atoms with E-state index in [0.29, 0.717) is 12.1 Å². The highest BCUT2D eigenvalue weighted by Crippen LogP contribution is 2.19. The summed E-state index contributed by atoms with van der Waals surface area (Å²) < 4.78 is 0. The van der Waals surface area contributed by atoms with Gasteiger partial charge in [-0.05, 0) is 25.0 Å². The molecule has 1 aromatic heterocycles. The maximum Gasteiger partial charge on any atom is 0.0372 e. The SMILES string of the molecule is CCCCC(NC(C)C)c1ccc(C)nc1. The van der Waals surface area contributed by atoms with Crippen molar-refractivity contribution in [1.82, 2.24) is 10.3 Å². The van der Waals surface area contributed by atoms with Gasteiger partial charge in [0, 0.05) is 24.0 Å². The summed E-state index contributed by atoms with van der Waals surface area (Å²) in [5.74, 6) is 0. The lowest BCUT2D eigenvalue weighted by Crippen LogP contribution is -2.28. The van der Waals surface area contributed by atoms with Crippen LogP contribution < -0.4 is 5.32 Å². The minimum atomic E-state index is 0.452. The highest BCUT2D eigenvalue weighted by molar-refractivity contribution is 5.17. The maximum atomic E-state index is 4.38. The second-order valence-corrected chi connectivity index (χ2v) is 4.75. The summed E-state index contributed by atoms with van der Waals surface area (Å²) in [4.78, 5) is 4.38. The van der Waals surface area contributed by atoms with Crippen LogP contribution in [0.5, 0.6) is 0 Å². The number of pyridine rings is 1. The van der Waals surface area contributed by atoms with Crippen LogP contribution in [0, 0.1) is 6.92 Å². The van der Waals surface area contributed by atoms with Crippen molar-refractivity contribution in [3.8, 4) is 0 Å². The van der Waals surface area contributed by atoms with Crippen LogP contribution in [0.4, 0.5) is 0 Å². The molecule has 1 atom stereocenters. The Hall–Kier alpha value is -0.890. The molecule has 16 heavy (non-hydrogen) atoms. The fourth-order valence-electron chi connectivity index (χ4n) is 1.84. The number of unbranched alkanes of at least 4 members (excludes halogenated alkanes) is 1. The number of nitrogens with one attached hydrogen (secondary N) is 1. The van der Waals surface area contributed by atoms with Crippen LogP contribution in [0.3, 0.4) is 0 Å². The smallest absolute Gasteiger partial charge is 0.0372 e. The summed E-state index contributed by atoms with van der Waals surface area (Å²) >= 11 is 0. The number of hydrogen-bond donors (Lipinski definition) is 1. The van der Waals surface area contributed by atoms with Crippen LogP contribution in [0.2, 0.25) is 0 Å². The van der Waals surface area contributed by atoms with Gasteiger partial charge in [0.05, 0.1) is 0 Å². The molecular weight excluding hydrogens is 196 g/mol. The van der Waals surface area contributed by atoms with Crippen LogP contribution in [-0.4, -0.2) is 11.0 Å². The van der Waals surface area contributed by atoms with Crippen LogP contribution >= 0.6 is 0 Å². The van der Waals surface area contributed by atoms with Crippen molar-refractivity contribution in [2.24, 2.45) is 0 Å². The first-order valence-electron chi connectivity index (χ1n) is 6.32. The van der Waals surface area contributed by atoms with Gasteiger partial charge in [-0.25, -0.2) is 0 Å². The molecule has 2 heteroatoms. The Morgan fingerprint density at radius 1 is 1.31 bits per heavy atom. The Balaban J connectivity index is 2.70. The topological polar surface area (TPSA) is 24.9 Å². The molecule has 0 spiro atoms. The molecule has 1 rings (SSSR count). The number of aromatic nitrogens is 1. The van der Waals surface area contributed by atoms with Crippen molar-refractivity contribution in [3.05, 3.63) is 29.6 Å². The standard InChI is InChI=1S/C14H24N2/c1-5-6-7-14(16-11(2)3)13-9-8-12(4)15-10-13/h8-11,14,16H,5-7H2,1-4H3. The Bertz CT molecular complexity index is 290. The summed E-state index contributed by atoms with van der Waals surface area (Å²) in [7, 11) is 0. The van der Waals surface area contributed by atoms with Crippen molar-refractivity contribution >= 4 is 0 Å². The Morgan fingerprint density at radius 2 is 2.06 bits per heavy atom. The van der Waals surface area contributed by atoms with E-state index in [-0.39, 0.29) is 0 Å². The highest BCUT2D eigenvalue weighted by Gasteiger charge is 2.11. The second kappa shape index (κ2) is 6.64. The molecule has 1 heterocycles. The van der Waals surface area contributed by atoms with E-state index in [4.69, 9.17) is 0 Å². The summed E-state index contributed by atoms with van der Waals surface area (Å²) in [5, 5.41) is 3.61. The summed E-state index contributed by atoms with van der Waals surface area (Å²) in [6, 6.07) is 5.25. The van der Waals surface area contributed by atoms with E-state index in [0.717, 1.165) is 5.69 Å². The minimum absolute atomic E-state index is 0.452. The Morgan fingerprint density at radius 3 is 2.56 bits per heavy atom. The van der Waals surface area contributed by atoms with Gasteiger partial charge in [0.2, 0.25) is 0 Å². The zero-order chi connectivity index (χ0) is 12.0. The first-order valence-corrected chi connectivity index (χ1v) is 6.32. The minimum Gasteiger partial charge on any atom is -0.308 e. The lowest BCUT2D eigenvalue weighted by Gasteiger charge is -2.21. The van der Waals surface area contributed by atoms with E-state index < -0.39 is 0 Å². The molecule has 0 amide bonds. The largest absolute Gasteiger partial charge is 0.308 e. The zero-order valence-electron chi connectivity index (χ0n) is 11.0. The number of rotatable bonds is 6. The van der Waals surface area contributed by atoms with Gasteiger partial charge < -0.3 is 5.32 Å². The molecule has 90 valence electrons. The highest BCUT2D eigenvalue weighted by atomic mass is 14.9. The van der Waals surface area contributed by atoms with Gasteiger partial charge in [-0.3, -0.25) is 4.98 Å². The zero-order valence-corrected chi connectivity index (χ0v) is 11.0. The molecule has 0 radical (unpaired) electrons. The molecule has 0 aliphatic rings. The molecule has 1 N–H and O–H groups in total. The quantitative estimate of drug-likeness (QED) is 0.792. The third-order valence-electron chi connectivity index (χ3n) is 2.72. The lowest BCUT2D eigenvalue weighted by atomic mass is 10.0. The predicted octanol–water partition coefficient (Wildman–Crippen LogP) is 3.62. The number of nitrogens with zero attached hydrogens (tertiary/aromatic N) is 1. The van der Waals surface area contributed by atoms with Gasteiger partial charge in [0.25, 0.3) is 0 Å². The van der Waals surface area contributed by atoms with Gasteiger partial charge in [-0.2, -0.15) is 0 Å². The monoisotopic (exact) mass is 220 g/mol. The molecule has 0 aliphatic heterocycles.